The molecule has 4 heteroatoms. The second-order valence-electron chi connectivity index (χ2n) is 4.94. The zero-order valence-corrected chi connectivity index (χ0v) is 10.5. The lowest BCUT2D eigenvalue weighted by Gasteiger charge is -2.21. The second kappa shape index (κ2) is 5.21. The van der Waals surface area contributed by atoms with E-state index in [0.29, 0.717) is 18.1 Å². The second-order valence-corrected chi connectivity index (χ2v) is 7.17. The van der Waals surface area contributed by atoms with Gasteiger partial charge in [0.1, 0.15) is 0 Å². The Kier molecular flexibility index (Phi) is 3.90. The number of hydrogen-bond donors (Lipinski definition) is 0. The predicted octanol–water partition coefficient (Wildman–Crippen LogP) is 2.29. The molecule has 0 bridgehead atoms. The minimum atomic E-state index is -2.78. The van der Waals surface area contributed by atoms with Gasteiger partial charge in [0.15, 0.2) is 9.84 Å². The predicted molar refractivity (Wildman–Crippen MR) is 63.9 cm³/mol. The molecule has 0 aromatic heterocycles. The highest BCUT2D eigenvalue weighted by molar-refractivity contribution is 7.91. The van der Waals surface area contributed by atoms with Crippen molar-refractivity contribution >= 4 is 9.84 Å². The van der Waals surface area contributed by atoms with Crippen LogP contribution in [0.2, 0.25) is 0 Å². The van der Waals surface area contributed by atoms with Gasteiger partial charge in [-0.2, -0.15) is 0 Å². The Morgan fingerprint density at radius 3 is 2.69 bits per heavy atom. The molecule has 0 spiro atoms. The van der Waals surface area contributed by atoms with Crippen molar-refractivity contribution in [1.82, 2.24) is 0 Å². The number of ether oxygens (including phenoxy) is 1. The van der Waals surface area contributed by atoms with Gasteiger partial charge < -0.3 is 4.74 Å². The molecule has 1 heterocycles. The average molecular weight is 244 g/mol. The SMILES string of the molecule is O=S1(=O)CCCC(COC=C2CCCC2)C1. The molecule has 2 fully saturated rings. The van der Waals surface area contributed by atoms with Gasteiger partial charge in [-0.15, -0.1) is 0 Å². The van der Waals surface area contributed by atoms with Gasteiger partial charge in [0.25, 0.3) is 0 Å². The molecule has 0 aromatic carbocycles. The van der Waals surface area contributed by atoms with E-state index in [4.69, 9.17) is 4.74 Å². The molecule has 1 aliphatic carbocycles. The molecule has 0 amide bonds. The van der Waals surface area contributed by atoms with Crippen molar-refractivity contribution in [3.8, 4) is 0 Å². The van der Waals surface area contributed by atoms with Crippen molar-refractivity contribution in [2.75, 3.05) is 18.1 Å². The molecular weight excluding hydrogens is 224 g/mol. The van der Waals surface area contributed by atoms with Gasteiger partial charge in [-0.1, -0.05) is 0 Å². The Labute approximate surface area is 97.8 Å². The Balaban J connectivity index is 1.75. The van der Waals surface area contributed by atoms with Crippen LogP contribution in [0.15, 0.2) is 11.8 Å². The summed E-state index contributed by atoms with van der Waals surface area (Å²) in [5.41, 5.74) is 1.39. The Bertz CT molecular complexity index is 348. The van der Waals surface area contributed by atoms with Crippen molar-refractivity contribution in [3.63, 3.8) is 0 Å². The first-order valence-electron chi connectivity index (χ1n) is 6.16. The van der Waals surface area contributed by atoms with Crippen molar-refractivity contribution in [2.45, 2.75) is 38.5 Å². The van der Waals surface area contributed by atoms with Crippen LogP contribution in [0, 0.1) is 5.92 Å². The molecule has 0 N–H and O–H groups in total. The van der Waals surface area contributed by atoms with Crippen molar-refractivity contribution < 1.29 is 13.2 Å². The van der Waals surface area contributed by atoms with Crippen LogP contribution in [-0.4, -0.2) is 26.5 Å². The highest BCUT2D eigenvalue weighted by Crippen LogP contribution is 2.24. The largest absolute Gasteiger partial charge is 0.501 e. The number of rotatable bonds is 3. The fourth-order valence-corrected chi connectivity index (χ4v) is 4.25. The molecule has 2 aliphatic rings. The Morgan fingerprint density at radius 2 is 2.00 bits per heavy atom. The van der Waals surface area contributed by atoms with Gasteiger partial charge in [-0.3, -0.25) is 0 Å². The minimum absolute atomic E-state index is 0.206. The standard InChI is InChI=1S/C12H20O3S/c13-16(14)7-3-6-12(10-16)9-15-8-11-4-1-2-5-11/h8,12H,1-7,9-10H2. The third-order valence-corrected chi connectivity index (χ3v) is 5.28. The van der Waals surface area contributed by atoms with Crippen LogP contribution in [0.4, 0.5) is 0 Å². The Hall–Kier alpha value is -0.510. The molecule has 0 radical (unpaired) electrons. The summed E-state index contributed by atoms with van der Waals surface area (Å²) < 4.78 is 28.3. The highest BCUT2D eigenvalue weighted by Gasteiger charge is 2.24. The summed E-state index contributed by atoms with van der Waals surface area (Å²) in [5.74, 6) is 0.887. The maximum atomic E-state index is 11.4. The van der Waals surface area contributed by atoms with E-state index >= 15 is 0 Å². The van der Waals surface area contributed by atoms with E-state index in [2.05, 4.69) is 0 Å². The normalized spacial score (nSPS) is 29.0. The zero-order chi connectivity index (χ0) is 11.4. The lowest BCUT2D eigenvalue weighted by Crippen LogP contribution is -2.27. The van der Waals surface area contributed by atoms with E-state index in [9.17, 15) is 8.42 Å². The topological polar surface area (TPSA) is 43.4 Å². The lowest BCUT2D eigenvalue weighted by molar-refractivity contribution is 0.193. The minimum Gasteiger partial charge on any atom is -0.501 e. The van der Waals surface area contributed by atoms with Crippen LogP contribution < -0.4 is 0 Å². The van der Waals surface area contributed by atoms with Gasteiger partial charge in [0.2, 0.25) is 0 Å². The molecule has 1 unspecified atom stereocenters. The third-order valence-electron chi connectivity index (χ3n) is 3.39. The maximum Gasteiger partial charge on any atom is 0.150 e. The van der Waals surface area contributed by atoms with E-state index < -0.39 is 9.84 Å². The van der Waals surface area contributed by atoms with Gasteiger partial charge in [0, 0.05) is 5.92 Å². The molecule has 2 rings (SSSR count). The van der Waals surface area contributed by atoms with Crippen LogP contribution in [0.3, 0.4) is 0 Å². The molecular formula is C12H20O3S. The van der Waals surface area contributed by atoms with Crippen molar-refractivity contribution in [2.24, 2.45) is 5.92 Å². The fraction of sp³-hybridized carbons (Fsp3) is 0.833. The fourth-order valence-electron chi connectivity index (χ4n) is 2.50. The number of hydrogen-bond acceptors (Lipinski definition) is 3. The van der Waals surface area contributed by atoms with Crippen molar-refractivity contribution in [1.29, 1.82) is 0 Å². The summed E-state index contributed by atoms with van der Waals surface area (Å²) in [6, 6.07) is 0. The van der Waals surface area contributed by atoms with E-state index in [1.165, 1.54) is 18.4 Å². The van der Waals surface area contributed by atoms with Crippen LogP contribution in [0.25, 0.3) is 0 Å². The first kappa shape index (κ1) is 12.0. The number of allylic oxidation sites excluding steroid dienone is 1. The van der Waals surface area contributed by atoms with Crippen LogP contribution in [0.1, 0.15) is 38.5 Å². The van der Waals surface area contributed by atoms with Crippen molar-refractivity contribution in [3.05, 3.63) is 11.8 Å². The first-order chi connectivity index (χ1) is 7.66. The van der Waals surface area contributed by atoms with E-state index in [1.54, 1.807) is 0 Å². The summed E-state index contributed by atoms with van der Waals surface area (Å²) in [6.07, 6.45) is 8.51. The molecule has 1 atom stereocenters. The monoisotopic (exact) mass is 244 g/mol. The van der Waals surface area contributed by atoms with Crippen LogP contribution in [0.5, 0.6) is 0 Å². The van der Waals surface area contributed by atoms with Crippen LogP contribution >= 0.6 is 0 Å². The molecule has 3 nitrogen and oxygen atoms in total. The lowest BCUT2D eigenvalue weighted by atomic mass is 10.1. The summed E-state index contributed by atoms with van der Waals surface area (Å²) >= 11 is 0. The molecule has 1 aliphatic heterocycles. The van der Waals surface area contributed by atoms with Crippen LogP contribution in [-0.2, 0) is 14.6 Å². The summed E-state index contributed by atoms with van der Waals surface area (Å²) in [6.45, 7) is 0.572. The maximum absolute atomic E-state index is 11.4. The summed E-state index contributed by atoms with van der Waals surface area (Å²) in [4.78, 5) is 0. The number of sulfone groups is 1. The molecule has 1 saturated carbocycles. The smallest absolute Gasteiger partial charge is 0.150 e. The quantitative estimate of drug-likeness (QED) is 0.715. The highest BCUT2D eigenvalue weighted by atomic mass is 32.2. The van der Waals surface area contributed by atoms with Gasteiger partial charge >= 0.3 is 0 Å². The molecule has 1 saturated heterocycles. The zero-order valence-electron chi connectivity index (χ0n) is 9.65. The first-order valence-corrected chi connectivity index (χ1v) is 7.98. The third kappa shape index (κ3) is 3.51. The van der Waals surface area contributed by atoms with E-state index in [0.717, 1.165) is 25.7 Å². The molecule has 0 aromatic rings. The summed E-state index contributed by atoms with van der Waals surface area (Å²) in [7, 11) is -2.78. The van der Waals surface area contributed by atoms with Gasteiger partial charge in [0.05, 0.1) is 24.4 Å². The molecule has 92 valence electrons. The van der Waals surface area contributed by atoms with Gasteiger partial charge in [-0.25, -0.2) is 8.42 Å². The van der Waals surface area contributed by atoms with Gasteiger partial charge in [-0.05, 0) is 44.1 Å². The summed E-state index contributed by atoms with van der Waals surface area (Å²) in [5, 5.41) is 0. The molecule has 16 heavy (non-hydrogen) atoms. The average Bonchev–Trinajstić information content (AvgIpc) is 2.69. The Morgan fingerprint density at radius 1 is 1.25 bits per heavy atom. The van der Waals surface area contributed by atoms with E-state index in [1.807, 2.05) is 6.26 Å². The van der Waals surface area contributed by atoms with E-state index in [-0.39, 0.29) is 5.92 Å².